The topological polar surface area (TPSA) is 63.6 Å². The summed E-state index contributed by atoms with van der Waals surface area (Å²) in [5.74, 6) is 0.785. The number of aliphatic carboxylic acids is 1. The van der Waals surface area contributed by atoms with Crippen LogP contribution in [-0.4, -0.2) is 34.0 Å². The molecule has 2 rings (SSSR count). The Morgan fingerprint density at radius 3 is 2.44 bits per heavy atom. The number of carbonyl (C=O) groups is 2. The van der Waals surface area contributed by atoms with Crippen LogP contribution in [0.25, 0.3) is 0 Å². The van der Waals surface area contributed by atoms with Crippen LogP contribution in [0.15, 0.2) is 24.3 Å². The minimum Gasteiger partial charge on any atom is -0.478 e. The summed E-state index contributed by atoms with van der Waals surface area (Å²) in [5.41, 5.74) is -0.532. The first kappa shape index (κ1) is 13.0. The maximum absolute atomic E-state index is 11.3. The molecule has 0 aliphatic carbocycles. The summed E-state index contributed by atoms with van der Waals surface area (Å²) in [6, 6.07) is 6.58. The van der Waals surface area contributed by atoms with Crippen LogP contribution in [0.5, 0.6) is 5.75 Å². The second-order valence-electron chi connectivity index (χ2n) is 4.28. The van der Waals surface area contributed by atoms with Crippen molar-refractivity contribution in [2.75, 3.05) is 11.5 Å². The van der Waals surface area contributed by atoms with Crippen LogP contribution in [0, 0.1) is 0 Å². The maximum atomic E-state index is 11.3. The zero-order chi connectivity index (χ0) is 13.2. The molecule has 0 aromatic heterocycles. The van der Waals surface area contributed by atoms with Gasteiger partial charge in [0.1, 0.15) is 5.75 Å². The highest BCUT2D eigenvalue weighted by Crippen LogP contribution is 2.33. The first-order valence-corrected chi connectivity index (χ1v) is 6.80. The number of ether oxygens (including phenoxy) is 1. The van der Waals surface area contributed by atoms with Crippen LogP contribution in [-0.2, 0) is 4.79 Å². The van der Waals surface area contributed by atoms with Gasteiger partial charge in [0.25, 0.3) is 0 Å². The molecule has 1 saturated heterocycles. The van der Waals surface area contributed by atoms with Gasteiger partial charge in [-0.3, -0.25) is 4.79 Å². The first-order valence-electron chi connectivity index (χ1n) is 5.65. The van der Waals surface area contributed by atoms with Crippen molar-refractivity contribution in [3.05, 3.63) is 29.8 Å². The van der Waals surface area contributed by atoms with Gasteiger partial charge >= 0.3 is 5.97 Å². The average Bonchev–Trinajstić information content (AvgIpc) is 2.79. The van der Waals surface area contributed by atoms with Gasteiger partial charge in [-0.1, -0.05) is 0 Å². The Morgan fingerprint density at radius 1 is 1.33 bits per heavy atom. The summed E-state index contributed by atoms with van der Waals surface area (Å²) in [4.78, 5) is 22.4. The Labute approximate surface area is 109 Å². The highest BCUT2D eigenvalue weighted by atomic mass is 32.2. The van der Waals surface area contributed by atoms with Crippen molar-refractivity contribution in [1.82, 2.24) is 0 Å². The molecule has 0 radical (unpaired) electrons. The molecular formula is C13H14O4S. The van der Waals surface area contributed by atoms with Crippen molar-refractivity contribution in [3.8, 4) is 5.75 Å². The number of benzene rings is 1. The molecule has 0 amide bonds. The van der Waals surface area contributed by atoms with Gasteiger partial charge in [0.05, 0.1) is 0 Å². The van der Waals surface area contributed by atoms with E-state index >= 15 is 0 Å². The number of ketones is 1. The van der Waals surface area contributed by atoms with Crippen LogP contribution in [0.2, 0.25) is 0 Å². The zero-order valence-corrected chi connectivity index (χ0v) is 10.8. The van der Waals surface area contributed by atoms with E-state index in [4.69, 9.17) is 4.74 Å². The molecule has 4 nitrogen and oxygen atoms in total. The molecule has 1 N–H and O–H groups in total. The van der Waals surface area contributed by atoms with Crippen molar-refractivity contribution < 1.29 is 19.4 Å². The Morgan fingerprint density at radius 2 is 2.00 bits per heavy atom. The van der Waals surface area contributed by atoms with Gasteiger partial charge in [0.15, 0.2) is 5.78 Å². The number of carboxylic acids is 1. The highest BCUT2D eigenvalue weighted by Gasteiger charge is 2.44. The molecule has 1 atom stereocenters. The molecule has 0 spiro atoms. The van der Waals surface area contributed by atoms with Gasteiger partial charge in [0.2, 0.25) is 5.60 Å². The van der Waals surface area contributed by atoms with E-state index in [1.54, 1.807) is 36.0 Å². The summed E-state index contributed by atoms with van der Waals surface area (Å²) < 4.78 is 5.63. The molecule has 1 aliphatic heterocycles. The lowest BCUT2D eigenvalue weighted by Gasteiger charge is -2.24. The molecule has 1 unspecified atom stereocenters. The van der Waals surface area contributed by atoms with E-state index in [0.29, 0.717) is 23.5 Å². The number of carboxylic acid groups (broad SMARTS) is 1. The van der Waals surface area contributed by atoms with Crippen LogP contribution < -0.4 is 4.74 Å². The maximum Gasteiger partial charge on any atom is 0.348 e. The molecule has 1 heterocycles. The fourth-order valence-corrected chi connectivity index (χ4v) is 3.10. The standard InChI is InChI=1S/C13H14O4S/c1-9(14)10-2-4-11(5-3-10)17-13(12(15)16)6-7-18-8-13/h2-5H,6-8H2,1H3,(H,15,16). The first-order chi connectivity index (χ1) is 8.53. The predicted molar refractivity (Wildman–Crippen MR) is 69.4 cm³/mol. The van der Waals surface area contributed by atoms with E-state index in [9.17, 15) is 14.7 Å². The number of thioether (sulfide) groups is 1. The molecule has 1 aliphatic rings. The number of carbonyl (C=O) groups excluding carboxylic acids is 1. The highest BCUT2D eigenvalue weighted by molar-refractivity contribution is 7.99. The largest absolute Gasteiger partial charge is 0.478 e. The zero-order valence-electron chi connectivity index (χ0n) is 10.0. The lowest BCUT2D eigenvalue weighted by atomic mass is 10.0. The van der Waals surface area contributed by atoms with Gasteiger partial charge in [-0.05, 0) is 36.9 Å². The van der Waals surface area contributed by atoms with E-state index in [1.165, 1.54) is 6.92 Å². The van der Waals surface area contributed by atoms with Gasteiger partial charge in [-0.15, -0.1) is 0 Å². The van der Waals surface area contributed by atoms with E-state index in [1.807, 2.05) is 0 Å². The van der Waals surface area contributed by atoms with Gasteiger partial charge < -0.3 is 9.84 Å². The van der Waals surface area contributed by atoms with Crippen molar-refractivity contribution in [2.24, 2.45) is 0 Å². The monoisotopic (exact) mass is 266 g/mol. The average molecular weight is 266 g/mol. The van der Waals surface area contributed by atoms with Crippen molar-refractivity contribution in [2.45, 2.75) is 18.9 Å². The normalized spacial score (nSPS) is 22.7. The molecule has 18 heavy (non-hydrogen) atoms. The number of hydrogen-bond acceptors (Lipinski definition) is 4. The Bertz CT molecular complexity index is 460. The Kier molecular flexibility index (Phi) is 3.61. The van der Waals surface area contributed by atoms with Crippen LogP contribution in [0.3, 0.4) is 0 Å². The fourth-order valence-electron chi connectivity index (χ4n) is 1.82. The predicted octanol–water partition coefficient (Wildman–Crippen LogP) is 2.23. The van der Waals surface area contributed by atoms with Crippen LogP contribution in [0.1, 0.15) is 23.7 Å². The van der Waals surface area contributed by atoms with E-state index in [2.05, 4.69) is 0 Å². The van der Waals surface area contributed by atoms with Crippen molar-refractivity contribution in [3.63, 3.8) is 0 Å². The van der Waals surface area contributed by atoms with E-state index in [-0.39, 0.29) is 5.78 Å². The SMILES string of the molecule is CC(=O)c1ccc(OC2(C(=O)O)CCSC2)cc1. The minimum absolute atomic E-state index is 0.0223. The molecule has 0 bridgehead atoms. The number of hydrogen-bond donors (Lipinski definition) is 1. The second kappa shape index (κ2) is 5.02. The lowest BCUT2D eigenvalue weighted by Crippen LogP contribution is -2.44. The van der Waals surface area contributed by atoms with Gasteiger partial charge in [0, 0.05) is 17.7 Å². The number of Topliss-reactive ketones (excluding diaryl/α,β-unsaturated/α-hetero) is 1. The quantitative estimate of drug-likeness (QED) is 0.847. The van der Waals surface area contributed by atoms with E-state index in [0.717, 1.165) is 5.75 Å². The van der Waals surface area contributed by atoms with Crippen LogP contribution in [0.4, 0.5) is 0 Å². The molecule has 1 aromatic carbocycles. The molecule has 1 fully saturated rings. The van der Waals surface area contributed by atoms with E-state index < -0.39 is 11.6 Å². The Hall–Kier alpha value is -1.49. The van der Waals surface area contributed by atoms with Crippen LogP contribution >= 0.6 is 11.8 Å². The molecule has 0 saturated carbocycles. The Balaban J connectivity index is 2.17. The smallest absolute Gasteiger partial charge is 0.348 e. The molecule has 1 aromatic rings. The van der Waals surface area contributed by atoms with Gasteiger partial charge in [-0.2, -0.15) is 11.8 Å². The van der Waals surface area contributed by atoms with Gasteiger partial charge in [-0.25, -0.2) is 4.79 Å². The molecule has 5 heteroatoms. The lowest BCUT2D eigenvalue weighted by molar-refractivity contribution is -0.153. The minimum atomic E-state index is -1.12. The summed E-state index contributed by atoms with van der Waals surface area (Å²) in [7, 11) is 0. The van der Waals surface area contributed by atoms with Crippen molar-refractivity contribution >= 4 is 23.5 Å². The summed E-state index contributed by atoms with van der Waals surface area (Å²) in [5, 5.41) is 9.28. The molecule has 96 valence electrons. The number of rotatable bonds is 4. The van der Waals surface area contributed by atoms with Crippen molar-refractivity contribution in [1.29, 1.82) is 0 Å². The molecular weight excluding hydrogens is 252 g/mol. The third-order valence-corrected chi connectivity index (χ3v) is 4.11. The third kappa shape index (κ3) is 2.51. The summed E-state index contributed by atoms with van der Waals surface area (Å²) in [6.45, 7) is 1.49. The second-order valence-corrected chi connectivity index (χ2v) is 5.39. The fraction of sp³-hybridized carbons (Fsp3) is 0.385. The summed E-state index contributed by atoms with van der Waals surface area (Å²) >= 11 is 1.58. The summed E-state index contributed by atoms with van der Waals surface area (Å²) in [6.07, 6.45) is 0.501. The third-order valence-electron chi connectivity index (χ3n) is 2.95.